The van der Waals surface area contributed by atoms with E-state index in [0.717, 1.165) is 38.8 Å². The van der Waals surface area contributed by atoms with Crippen LogP contribution in [0.25, 0.3) is 0 Å². The van der Waals surface area contributed by atoms with E-state index in [2.05, 4.69) is 10.6 Å². The molecule has 1 aromatic rings. The number of hydrogen-bond acceptors (Lipinski definition) is 4. The summed E-state index contributed by atoms with van der Waals surface area (Å²) in [6.45, 7) is 3.02. The molecular weight excluding hydrogens is 334 g/mol. The third-order valence-electron chi connectivity index (χ3n) is 4.67. The molecule has 7 heteroatoms. The second-order valence-electron chi connectivity index (χ2n) is 6.66. The highest BCUT2D eigenvalue weighted by atomic mass is 16.5. The molecule has 142 valence electrons. The number of nitrogens with zero attached hydrogens (tertiary/aromatic N) is 1. The summed E-state index contributed by atoms with van der Waals surface area (Å²) >= 11 is 0. The summed E-state index contributed by atoms with van der Waals surface area (Å²) in [5.41, 5.74) is 0.622. The Morgan fingerprint density at radius 2 is 2.15 bits per heavy atom. The molecule has 2 N–H and O–H groups in total. The Labute approximate surface area is 154 Å². The average molecular weight is 361 g/mol. The van der Waals surface area contributed by atoms with Crippen LogP contribution in [0.15, 0.2) is 24.3 Å². The summed E-state index contributed by atoms with van der Waals surface area (Å²) in [5.74, 6) is 0.802. The second-order valence-corrected chi connectivity index (χ2v) is 6.66. The minimum absolute atomic E-state index is 0.124. The molecule has 0 spiro atoms. The molecule has 0 unspecified atom stereocenters. The quantitative estimate of drug-likeness (QED) is 0.781. The molecule has 0 saturated carbocycles. The van der Waals surface area contributed by atoms with Crippen LogP contribution in [0.2, 0.25) is 0 Å². The van der Waals surface area contributed by atoms with Crippen LogP contribution in [0, 0.1) is 0 Å². The van der Waals surface area contributed by atoms with Crippen LogP contribution in [0.4, 0.5) is 10.5 Å². The molecule has 2 aliphatic rings. The van der Waals surface area contributed by atoms with Crippen LogP contribution in [0.1, 0.15) is 32.1 Å². The number of amides is 3. The van der Waals surface area contributed by atoms with Crippen molar-refractivity contribution in [1.82, 2.24) is 10.2 Å². The average Bonchev–Trinajstić information content (AvgIpc) is 3.16. The lowest BCUT2D eigenvalue weighted by Crippen LogP contribution is -2.41. The number of carbonyl (C=O) groups is 2. The summed E-state index contributed by atoms with van der Waals surface area (Å²) in [4.78, 5) is 25.7. The van der Waals surface area contributed by atoms with Gasteiger partial charge >= 0.3 is 6.03 Å². The van der Waals surface area contributed by atoms with E-state index in [0.29, 0.717) is 37.6 Å². The van der Waals surface area contributed by atoms with Gasteiger partial charge < -0.3 is 25.0 Å². The van der Waals surface area contributed by atoms with E-state index in [9.17, 15) is 9.59 Å². The number of carbonyl (C=O) groups excluding carboxylic acids is 2. The normalized spacial score (nSPS) is 20.1. The first-order valence-corrected chi connectivity index (χ1v) is 9.38. The van der Waals surface area contributed by atoms with Crippen LogP contribution in [0.3, 0.4) is 0 Å². The predicted molar refractivity (Wildman–Crippen MR) is 98.4 cm³/mol. The maximum Gasteiger partial charge on any atom is 0.319 e. The molecular formula is C19H27N3O4. The highest BCUT2D eigenvalue weighted by molar-refractivity contribution is 5.90. The number of likely N-dealkylation sites (tertiary alicyclic amines) is 1. The molecule has 0 aromatic heterocycles. The fourth-order valence-corrected chi connectivity index (χ4v) is 3.22. The summed E-state index contributed by atoms with van der Waals surface area (Å²) in [6.07, 6.45) is 4.81. The van der Waals surface area contributed by atoms with Crippen molar-refractivity contribution in [2.45, 2.75) is 38.2 Å². The van der Waals surface area contributed by atoms with Crippen molar-refractivity contribution in [3.63, 3.8) is 0 Å². The Bertz CT molecular complexity index is 617. The number of para-hydroxylation sites is 2. The number of benzene rings is 1. The Balaban J connectivity index is 1.43. The summed E-state index contributed by atoms with van der Waals surface area (Å²) in [5, 5.41) is 5.61. The fraction of sp³-hybridized carbons (Fsp3) is 0.579. The number of piperidine rings is 1. The first-order valence-electron chi connectivity index (χ1n) is 9.38. The van der Waals surface area contributed by atoms with Crippen LogP contribution >= 0.6 is 0 Å². The molecule has 1 atom stereocenters. The van der Waals surface area contributed by atoms with Crippen molar-refractivity contribution in [3.8, 4) is 5.75 Å². The van der Waals surface area contributed by atoms with E-state index in [1.54, 1.807) is 6.07 Å². The first kappa shape index (κ1) is 18.5. The lowest BCUT2D eigenvalue weighted by Gasteiger charge is -2.26. The van der Waals surface area contributed by atoms with E-state index in [-0.39, 0.29) is 18.0 Å². The zero-order valence-corrected chi connectivity index (χ0v) is 15.0. The van der Waals surface area contributed by atoms with Crippen LogP contribution in [-0.4, -0.2) is 55.8 Å². The number of urea groups is 1. The second kappa shape index (κ2) is 9.43. The monoisotopic (exact) mass is 361 g/mol. The molecule has 2 saturated heterocycles. The molecule has 2 aliphatic heterocycles. The maximum atomic E-state index is 12.1. The zero-order valence-electron chi connectivity index (χ0n) is 15.0. The van der Waals surface area contributed by atoms with Gasteiger partial charge in [-0.05, 0) is 37.8 Å². The number of hydrogen-bond donors (Lipinski definition) is 2. The van der Waals surface area contributed by atoms with Crippen molar-refractivity contribution < 1.29 is 19.1 Å². The highest BCUT2D eigenvalue weighted by Crippen LogP contribution is 2.25. The number of anilines is 1. The summed E-state index contributed by atoms with van der Waals surface area (Å²) in [6, 6.07) is 7.05. The lowest BCUT2D eigenvalue weighted by molar-refractivity contribution is -0.133. The minimum Gasteiger partial charge on any atom is -0.489 e. The molecule has 7 nitrogen and oxygen atoms in total. The van der Waals surface area contributed by atoms with E-state index < -0.39 is 0 Å². The largest absolute Gasteiger partial charge is 0.489 e. The Morgan fingerprint density at radius 1 is 1.27 bits per heavy atom. The van der Waals surface area contributed by atoms with Crippen molar-refractivity contribution in [3.05, 3.63) is 24.3 Å². The van der Waals surface area contributed by atoms with Crippen molar-refractivity contribution in [2.75, 3.05) is 38.2 Å². The van der Waals surface area contributed by atoms with Crippen molar-refractivity contribution in [1.29, 1.82) is 0 Å². The van der Waals surface area contributed by atoms with Crippen LogP contribution < -0.4 is 15.4 Å². The van der Waals surface area contributed by atoms with E-state index in [1.807, 2.05) is 23.1 Å². The van der Waals surface area contributed by atoms with E-state index in [4.69, 9.17) is 9.47 Å². The molecule has 2 heterocycles. The predicted octanol–water partition coefficient (Wildman–Crippen LogP) is 2.38. The van der Waals surface area contributed by atoms with Gasteiger partial charge in [0.25, 0.3) is 0 Å². The van der Waals surface area contributed by atoms with Gasteiger partial charge in [0.2, 0.25) is 5.91 Å². The van der Waals surface area contributed by atoms with Gasteiger partial charge in [-0.25, -0.2) is 4.79 Å². The van der Waals surface area contributed by atoms with Gasteiger partial charge in [0, 0.05) is 32.7 Å². The standard InChI is InChI=1S/C19H27N3O4/c23-18-9-3-4-11-22(18)12-10-20-19(24)21-16-7-1-2-8-17(16)26-14-15-6-5-13-25-15/h1-2,7-8,15H,3-6,9-14H2,(H2,20,21,24)/t15-/m1/s1. The Kier molecular flexibility index (Phi) is 6.71. The van der Waals surface area contributed by atoms with Gasteiger partial charge in [-0.15, -0.1) is 0 Å². The molecule has 0 radical (unpaired) electrons. The van der Waals surface area contributed by atoms with E-state index >= 15 is 0 Å². The van der Waals surface area contributed by atoms with Crippen molar-refractivity contribution in [2.24, 2.45) is 0 Å². The molecule has 26 heavy (non-hydrogen) atoms. The zero-order chi connectivity index (χ0) is 18.2. The smallest absolute Gasteiger partial charge is 0.319 e. The van der Waals surface area contributed by atoms with E-state index in [1.165, 1.54) is 0 Å². The van der Waals surface area contributed by atoms with Crippen LogP contribution in [-0.2, 0) is 9.53 Å². The van der Waals surface area contributed by atoms with Gasteiger partial charge in [-0.1, -0.05) is 12.1 Å². The fourth-order valence-electron chi connectivity index (χ4n) is 3.22. The molecule has 0 aliphatic carbocycles. The topological polar surface area (TPSA) is 79.9 Å². The van der Waals surface area contributed by atoms with Gasteiger partial charge in [0.1, 0.15) is 12.4 Å². The summed E-state index contributed by atoms with van der Waals surface area (Å²) < 4.78 is 11.4. The first-order chi connectivity index (χ1) is 12.7. The lowest BCUT2D eigenvalue weighted by atomic mass is 10.1. The van der Waals surface area contributed by atoms with Crippen molar-refractivity contribution >= 4 is 17.6 Å². The Hall–Kier alpha value is -2.28. The van der Waals surface area contributed by atoms with Gasteiger partial charge in [0.15, 0.2) is 0 Å². The highest BCUT2D eigenvalue weighted by Gasteiger charge is 2.18. The molecule has 3 rings (SSSR count). The number of rotatable bonds is 7. The van der Waals surface area contributed by atoms with Gasteiger partial charge in [-0.2, -0.15) is 0 Å². The third kappa shape index (κ3) is 5.36. The molecule has 2 fully saturated rings. The molecule has 1 aromatic carbocycles. The molecule has 3 amide bonds. The SMILES string of the molecule is O=C(NCCN1CCCCC1=O)Nc1ccccc1OC[C@H]1CCCO1. The Morgan fingerprint density at radius 3 is 2.96 bits per heavy atom. The van der Waals surface area contributed by atoms with Gasteiger partial charge in [-0.3, -0.25) is 4.79 Å². The number of nitrogens with one attached hydrogen (secondary N) is 2. The van der Waals surface area contributed by atoms with Crippen LogP contribution in [0.5, 0.6) is 5.75 Å². The molecule has 0 bridgehead atoms. The third-order valence-corrected chi connectivity index (χ3v) is 4.67. The van der Waals surface area contributed by atoms with Gasteiger partial charge in [0.05, 0.1) is 11.8 Å². The number of ether oxygens (including phenoxy) is 2. The summed E-state index contributed by atoms with van der Waals surface area (Å²) in [7, 11) is 0. The maximum absolute atomic E-state index is 12.1. The minimum atomic E-state index is -0.303.